The third kappa shape index (κ3) is 55.6. The second-order valence-corrected chi connectivity index (χ2v) is 19.7. The van der Waals surface area contributed by atoms with Gasteiger partial charge >= 0.3 is 17.9 Å². The van der Waals surface area contributed by atoms with E-state index < -0.39 is 6.10 Å². The van der Waals surface area contributed by atoms with Crippen LogP contribution in [-0.2, 0) is 28.6 Å². The number of carbonyl (C=O) groups excluding carboxylic acids is 3. The van der Waals surface area contributed by atoms with E-state index >= 15 is 0 Å². The number of carbonyl (C=O) groups is 3. The third-order valence-corrected chi connectivity index (χ3v) is 12.8. The zero-order valence-corrected chi connectivity index (χ0v) is 45.6. The minimum absolute atomic E-state index is 0.0859. The van der Waals surface area contributed by atoms with Crippen molar-refractivity contribution >= 4 is 17.9 Å². The Morgan fingerprint density at radius 1 is 0.290 bits per heavy atom. The van der Waals surface area contributed by atoms with Gasteiger partial charge in [0, 0.05) is 19.3 Å². The molecule has 0 heterocycles. The summed E-state index contributed by atoms with van der Waals surface area (Å²) in [6.45, 7) is 6.55. The number of ether oxygens (including phenoxy) is 3. The summed E-state index contributed by atoms with van der Waals surface area (Å²) in [5.74, 6) is -0.906. The van der Waals surface area contributed by atoms with E-state index in [0.717, 1.165) is 89.9 Å². The van der Waals surface area contributed by atoms with Crippen LogP contribution in [0.15, 0.2) is 72.9 Å². The summed E-state index contributed by atoms with van der Waals surface area (Å²) >= 11 is 0. The molecule has 6 nitrogen and oxygen atoms in total. The van der Waals surface area contributed by atoms with Crippen LogP contribution in [0.25, 0.3) is 0 Å². The van der Waals surface area contributed by atoms with Crippen LogP contribution in [0.1, 0.15) is 290 Å². The minimum Gasteiger partial charge on any atom is -0.462 e. The Kier molecular flexibility index (Phi) is 54.8. The normalized spacial score (nSPS) is 12.6. The molecule has 0 aliphatic carbocycles. The summed E-state index contributed by atoms with van der Waals surface area (Å²) in [5.41, 5.74) is 0. The second kappa shape index (κ2) is 57.4. The summed E-state index contributed by atoms with van der Waals surface area (Å²) in [5, 5.41) is 0. The molecule has 0 fully saturated rings. The van der Waals surface area contributed by atoms with Gasteiger partial charge in [-0.3, -0.25) is 14.4 Å². The molecule has 0 spiro atoms. The first-order valence-electron chi connectivity index (χ1n) is 29.5. The molecule has 0 aromatic heterocycles. The van der Waals surface area contributed by atoms with Crippen molar-refractivity contribution in [2.45, 2.75) is 297 Å². The zero-order valence-electron chi connectivity index (χ0n) is 45.6. The van der Waals surface area contributed by atoms with Crippen molar-refractivity contribution in [2.24, 2.45) is 0 Å². The lowest BCUT2D eigenvalue weighted by molar-refractivity contribution is -0.167. The molecule has 1 atom stereocenters. The maximum absolute atomic E-state index is 12.9. The van der Waals surface area contributed by atoms with Gasteiger partial charge in [-0.2, -0.15) is 0 Å². The number of unbranched alkanes of at least 4 members (excludes halogenated alkanes) is 34. The molecule has 69 heavy (non-hydrogen) atoms. The number of allylic oxidation sites excluding steroid dienone is 12. The Balaban J connectivity index is 4.43. The van der Waals surface area contributed by atoms with Gasteiger partial charge in [0.05, 0.1) is 0 Å². The van der Waals surface area contributed by atoms with Gasteiger partial charge < -0.3 is 14.2 Å². The lowest BCUT2D eigenvalue weighted by atomic mass is 10.0. The van der Waals surface area contributed by atoms with Crippen LogP contribution in [-0.4, -0.2) is 37.2 Å². The highest BCUT2D eigenvalue weighted by molar-refractivity contribution is 5.71. The van der Waals surface area contributed by atoms with E-state index in [9.17, 15) is 14.4 Å². The number of esters is 3. The second-order valence-electron chi connectivity index (χ2n) is 19.7. The van der Waals surface area contributed by atoms with Crippen molar-refractivity contribution in [1.29, 1.82) is 0 Å². The summed E-state index contributed by atoms with van der Waals surface area (Å²) < 4.78 is 16.9. The quantitative estimate of drug-likeness (QED) is 0.0199. The molecule has 0 radical (unpaired) electrons. The molecule has 0 aromatic carbocycles. The lowest BCUT2D eigenvalue weighted by Crippen LogP contribution is -2.30. The molecule has 0 saturated heterocycles. The van der Waals surface area contributed by atoms with Crippen LogP contribution in [0.4, 0.5) is 0 Å². The fraction of sp³-hybridized carbons (Fsp3) is 0.762. The topological polar surface area (TPSA) is 78.9 Å². The van der Waals surface area contributed by atoms with Crippen LogP contribution in [0, 0.1) is 0 Å². The maximum atomic E-state index is 12.9. The van der Waals surface area contributed by atoms with Gasteiger partial charge in [-0.1, -0.05) is 280 Å². The minimum atomic E-state index is -0.788. The smallest absolute Gasteiger partial charge is 0.306 e. The maximum Gasteiger partial charge on any atom is 0.306 e. The average Bonchev–Trinajstić information content (AvgIpc) is 3.35. The van der Waals surface area contributed by atoms with Crippen LogP contribution < -0.4 is 0 Å². The van der Waals surface area contributed by atoms with E-state index in [1.807, 2.05) is 24.3 Å². The predicted molar refractivity (Wildman–Crippen MR) is 298 cm³/mol. The van der Waals surface area contributed by atoms with Crippen molar-refractivity contribution in [3.05, 3.63) is 72.9 Å². The van der Waals surface area contributed by atoms with E-state index in [4.69, 9.17) is 14.2 Å². The van der Waals surface area contributed by atoms with Gasteiger partial charge in [0.25, 0.3) is 0 Å². The fourth-order valence-corrected chi connectivity index (χ4v) is 8.35. The molecular weight excluding hydrogens is 853 g/mol. The van der Waals surface area contributed by atoms with Crippen molar-refractivity contribution in [3.8, 4) is 0 Å². The van der Waals surface area contributed by atoms with Crippen LogP contribution >= 0.6 is 0 Å². The molecule has 6 heteroatoms. The molecule has 398 valence electrons. The molecule has 0 rings (SSSR count). The van der Waals surface area contributed by atoms with Gasteiger partial charge in [-0.15, -0.1) is 0 Å². The first-order chi connectivity index (χ1) is 34.0. The SMILES string of the molecule is CCC\C=C/C=C\C=C/C=C\C=C/CCCCCCCC(=O)OCC(COC(=O)CCCCCCC/C=C\CCCCCCCCC)OC(=O)CCCCCCCCCCCCCCCCCCC. The van der Waals surface area contributed by atoms with E-state index in [2.05, 4.69) is 69.4 Å². The number of hydrogen-bond acceptors (Lipinski definition) is 6. The molecule has 0 aliphatic heterocycles. The Hall–Kier alpha value is -3.15. The molecule has 0 N–H and O–H groups in total. The first-order valence-corrected chi connectivity index (χ1v) is 29.5. The molecule has 0 amide bonds. The van der Waals surface area contributed by atoms with E-state index in [1.54, 1.807) is 0 Å². The Labute approximate surface area is 427 Å². The molecule has 0 saturated carbocycles. The molecule has 0 aromatic rings. The predicted octanol–water partition coefficient (Wildman–Crippen LogP) is 19.8. The lowest BCUT2D eigenvalue weighted by Gasteiger charge is -2.18. The van der Waals surface area contributed by atoms with Gasteiger partial charge in [0.1, 0.15) is 13.2 Å². The van der Waals surface area contributed by atoms with Crippen LogP contribution in [0.2, 0.25) is 0 Å². The average molecular weight is 964 g/mol. The first kappa shape index (κ1) is 65.8. The van der Waals surface area contributed by atoms with Crippen LogP contribution in [0.3, 0.4) is 0 Å². The summed E-state index contributed by atoms with van der Waals surface area (Å²) in [6, 6.07) is 0. The summed E-state index contributed by atoms with van der Waals surface area (Å²) in [7, 11) is 0. The van der Waals surface area contributed by atoms with Gasteiger partial charge in [-0.25, -0.2) is 0 Å². The zero-order chi connectivity index (χ0) is 50.0. The largest absolute Gasteiger partial charge is 0.462 e. The highest BCUT2D eigenvalue weighted by atomic mass is 16.6. The monoisotopic (exact) mass is 963 g/mol. The van der Waals surface area contributed by atoms with E-state index in [0.29, 0.717) is 19.3 Å². The van der Waals surface area contributed by atoms with Gasteiger partial charge in [0.15, 0.2) is 6.10 Å². The molecule has 1 unspecified atom stereocenters. The highest BCUT2D eigenvalue weighted by Gasteiger charge is 2.19. The van der Waals surface area contributed by atoms with Crippen molar-refractivity contribution < 1.29 is 28.6 Å². The number of rotatable bonds is 53. The highest BCUT2D eigenvalue weighted by Crippen LogP contribution is 2.16. The summed E-state index contributed by atoms with van der Waals surface area (Å²) in [6.07, 6.45) is 73.1. The fourth-order valence-electron chi connectivity index (χ4n) is 8.35. The standard InChI is InChI=1S/C63H110O6/c1-4-7-10-13-16-19-22-25-28-31-33-35-38-41-44-47-50-53-56-62(65)68-59-60(58-67-61(64)55-52-49-46-43-40-37-34-30-27-24-21-18-15-12-9-6-3)69-63(66)57-54-51-48-45-42-39-36-32-29-26-23-20-17-14-11-8-5-2/h10,13,16,19,22,25,28,30-31,33-35,60H,4-9,11-12,14-15,17-18,20-21,23-24,26-27,29,32,36-59H2,1-3H3/b13-10-,19-16-,25-22-,31-28-,34-30-,35-33-. The molecular formula is C63H110O6. The van der Waals surface area contributed by atoms with Crippen molar-refractivity contribution in [1.82, 2.24) is 0 Å². The summed E-state index contributed by atoms with van der Waals surface area (Å²) in [4.78, 5) is 38.2. The number of hydrogen-bond donors (Lipinski definition) is 0. The Bertz CT molecular complexity index is 1290. The van der Waals surface area contributed by atoms with Crippen molar-refractivity contribution in [2.75, 3.05) is 13.2 Å². The van der Waals surface area contributed by atoms with Crippen molar-refractivity contribution in [3.63, 3.8) is 0 Å². The van der Waals surface area contributed by atoms with Gasteiger partial charge in [-0.05, 0) is 64.2 Å². The van der Waals surface area contributed by atoms with E-state index in [-0.39, 0.29) is 31.1 Å². The molecule has 0 aliphatic rings. The van der Waals surface area contributed by atoms with Gasteiger partial charge in [0.2, 0.25) is 0 Å². The van der Waals surface area contributed by atoms with E-state index in [1.165, 1.54) is 161 Å². The molecule has 0 bridgehead atoms. The Morgan fingerprint density at radius 3 is 0.913 bits per heavy atom. The Morgan fingerprint density at radius 2 is 0.565 bits per heavy atom. The van der Waals surface area contributed by atoms with Crippen LogP contribution in [0.5, 0.6) is 0 Å². The third-order valence-electron chi connectivity index (χ3n) is 12.8.